The zero-order valence-corrected chi connectivity index (χ0v) is 14.2. The first kappa shape index (κ1) is 18.3. The highest BCUT2D eigenvalue weighted by Crippen LogP contribution is 2.19. The molecule has 0 fully saturated rings. The van der Waals surface area contributed by atoms with Crippen molar-refractivity contribution < 1.29 is 14.3 Å². The molecule has 5 nitrogen and oxygen atoms in total. The summed E-state index contributed by atoms with van der Waals surface area (Å²) in [4.78, 5) is 22.9. The van der Waals surface area contributed by atoms with Crippen molar-refractivity contribution in [2.24, 2.45) is 0 Å². The molecule has 0 aliphatic heterocycles. The third-order valence-corrected chi connectivity index (χ3v) is 3.00. The van der Waals surface area contributed by atoms with Crippen LogP contribution in [-0.2, 0) is 9.53 Å². The third kappa shape index (κ3) is 7.31. The quantitative estimate of drug-likeness (QED) is 0.871. The van der Waals surface area contributed by atoms with Crippen LogP contribution < -0.4 is 10.6 Å². The summed E-state index contributed by atoms with van der Waals surface area (Å²) in [5, 5.41) is 6.19. The minimum Gasteiger partial charge on any atom is -0.444 e. The molecule has 1 aromatic rings. The number of carbonyl (C=O) groups excluding carboxylic acids is 2. The summed E-state index contributed by atoms with van der Waals surface area (Å²) in [7, 11) is 0. The fourth-order valence-corrected chi connectivity index (χ4v) is 2.02. The maximum atomic E-state index is 11.6. The Morgan fingerprint density at radius 2 is 1.82 bits per heavy atom. The third-order valence-electron chi connectivity index (χ3n) is 2.75. The largest absolute Gasteiger partial charge is 0.444 e. The highest BCUT2D eigenvalue weighted by molar-refractivity contribution is 6.30. The summed E-state index contributed by atoms with van der Waals surface area (Å²) in [5.41, 5.74) is 0.405. The van der Waals surface area contributed by atoms with Gasteiger partial charge in [-0.15, -0.1) is 0 Å². The van der Waals surface area contributed by atoms with Crippen LogP contribution in [0, 0.1) is 0 Å². The molecule has 122 valence electrons. The Bertz CT molecular complexity index is 509. The van der Waals surface area contributed by atoms with Gasteiger partial charge in [0.2, 0.25) is 5.91 Å². The minimum absolute atomic E-state index is 0.128. The monoisotopic (exact) mass is 326 g/mol. The first-order valence-corrected chi connectivity index (χ1v) is 7.54. The Morgan fingerprint density at radius 3 is 2.32 bits per heavy atom. The number of hydrogen-bond donors (Lipinski definition) is 2. The van der Waals surface area contributed by atoms with Crippen molar-refractivity contribution in [3.8, 4) is 0 Å². The number of alkyl carbamates (subject to hydrolysis) is 1. The molecule has 0 aliphatic rings. The van der Waals surface area contributed by atoms with Gasteiger partial charge in [-0.05, 0) is 44.9 Å². The van der Waals surface area contributed by atoms with E-state index >= 15 is 0 Å². The first-order valence-electron chi connectivity index (χ1n) is 7.17. The average Bonchev–Trinajstić information content (AvgIpc) is 2.36. The van der Waals surface area contributed by atoms with Gasteiger partial charge < -0.3 is 15.4 Å². The molecule has 0 heterocycles. The van der Waals surface area contributed by atoms with Gasteiger partial charge in [0.15, 0.2) is 0 Å². The van der Waals surface area contributed by atoms with Crippen molar-refractivity contribution in [2.45, 2.75) is 45.8 Å². The van der Waals surface area contributed by atoms with Gasteiger partial charge in [-0.1, -0.05) is 23.7 Å². The molecule has 2 amide bonds. The van der Waals surface area contributed by atoms with Gasteiger partial charge in [0.25, 0.3) is 0 Å². The van der Waals surface area contributed by atoms with Crippen LogP contribution in [0.2, 0.25) is 5.02 Å². The van der Waals surface area contributed by atoms with E-state index < -0.39 is 11.7 Å². The number of nitrogens with one attached hydrogen (secondary N) is 2. The molecule has 0 bridgehead atoms. The van der Waals surface area contributed by atoms with E-state index in [4.69, 9.17) is 16.3 Å². The fourth-order valence-electron chi connectivity index (χ4n) is 1.90. The fraction of sp³-hybridized carbons (Fsp3) is 0.500. The molecule has 0 saturated carbocycles. The molecule has 0 aliphatic carbocycles. The summed E-state index contributed by atoms with van der Waals surface area (Å²) in [5.74, 6) is -0.128. The number of rotatable bonds is 5. The average molecular weight is 327 g/mol. The molecule has 6 heteroatoms. The number of halogens is 1. The van der Waals surface area contributed by atoms with Crippen molar-refractivity contribution in [1.82, 2.24) is 10.6 Å². The Morgan fingerprint density at radius 1 is 1.23 bits per heavy atom. The summed E-state index contributed by atoms with van der Waals surface area (Å²) in [6, 6.07) is 7.07. The van der Waals surface area contributed by atoms with Crippen LogP contribution in [0.15, 0.2) is 24.3 Å². The predicted octanol–water partition coefficient (Wildman–Crippen LogP) is 3.43. The summed E-state index contributed by atoms with van der Waals surface area (Å²) < 4.78 is 5.17. The van der Waals surface area contributed by atoms with Gasteiger partial charge >= 0.3 is 6.09 Å². The van der Waals surface area contributed by atoms with Gasteiger partial charge in [-0.25, -0.2) is 4.79 Å². The lowest BCUT2D eigenvalue weighted by molar-refractivity contribution is -0.119. The van der Waals surface area contributed by atoms with Gasteiger partial charge in [-0.2, -0.15) is 0 Å². The predicted molar refractivity (Wildman–Crippen MR) is 86.9 cm³/mol. The topological polar surface area (TPSA) is 67.4 Å². The molecule has 0 spiro atoms. The van der Waals surface area contributed by atoms with Crippen molar-refractivity contribution in [2.75, 3.05) is 6.54 Å². The molecule has 1 atom stereocenters. The van der Waals surface area contributed by atoms with E-state index in [-0.39, 0.29) is 11.9 Å². The van der Waals surface area contributed by atoms with Crippen molar-refractivity contribution in [1.29, 1.82) is 0 Å². The van der Waals surface area contributed by atoms with E-state index in [1.54, 1.807) is 32.9 Å². The van der Waals surface area contributed by atoms with E-state index in [0.29, 0.717) is 18.0 Å². The van der Waals surface area contributed by atoms with Crippen LogP contribution in [0.5, 0.6) is 0 Å². The number of ether oxygens (including phenoxy) is 1. The van der Waals surface area contributed by atoms with Crippen LogP contribution in [-0.4, -0.2) is 24.1 Å². The SMILES string of the molecule is CC(=O)NC(CCNC(=O)OC(C)(C)C)c1ccc(Cl)cc1. The second kappa shape index (κ2) is 8.03. The molecular weight excluding hydrogens is 304 g/mol. The van der Waals surface area contributed by atoms with E-state index in [1.165, 1.54) is 6.92 Å². The lowest BCUT2D eigenvalue weighted by Gasteiger charge is -2.21. The highest BCUT2D eigenvalue weighted by Gasteiger charge is 2.17. The highest BCUT2D eigenvalue weighted by atomic mass is 35.5. The smallest absolute Gasteiger partial charge is 0.407 e. The van der Waals surface area contributed by atoms with Crippen LogP contribution in [0.1, 0.15) is 45.7 Å². The molecule has 0 saturated heterocycles. The van der Waals surface area contributed by atoms with E-state index in [2.05, 4.69) is 10.6 Å². The van der Waals surface area contributed by atoms with Gasteiger partial charge in [0.05, 0.1) is 6.04 Å². The first-order chi connectivity index (χ1) is 10.2. The minimum atomic E-state index is -0.530. The molecule has 1 unspecified atom stereocenters. The Hall–Kier alpha value is -1.75. The number of benzene rings is 1. The normalized spacial score (nSPS) is 12.4. The Balaban J connectivity index is 2.57. The van der Waals surface area contributed by atoms with Gasteiger partial charge in [0.1, 0.15) is 5.60 Å². The van der Waals surface area contributed by atoms with Crippen LogP contribution in [0.25, 0.3) is 0 Å². The summed E-state index contributed by atoms with van der Waals surface area (Å²) in [6.07, 6.45) is 0.0886. The molecule has 1 rings (SSSR count). The molecule has 1 aromatic carbocycles. The van der Waals surface area contributed by atoms with Crippen molar-refractivity contribution in [3.05, 3.63) is 34.9 Å². The maximum Gasteiger partial charge on any atom is 0.407 e. The molecule has 0 radical (unpaired) electrons. The number of hydrogen-bond acceptors (Lipinski definition) is 3. The molecule has 0 aromatic heterocycles. The van der Waals surface area contributed by atoms with E-state index in [9.17, 15) is 9.59 Å². The van der Waals surface area contributed by atoms with Gasteiger partial charge in [-0.3, -0.25) is 4.79 Å². The second-order valence-electron chi connectivity index (χ2n) is 6.02. The van der Waals surface area contributed by atoms with Gasteiger partial charge in [0, 0.05) is 18.5 Å². The number of amides is 2. The zero-order valence-electron chi connectivity index (χ0n) is 13.4. The lowest BCUT2D eigenvalue weighted by atomic mass is 10.0. The standard InChI is InChI=1S/C16H23ClN2O3/c1-11(20)19-14(12-5-7-13(17)8-6-12)9-10-18-15(21)22-16(2,3)4/h5-8,14H,9-10H2,1-4H3,(H,18,21)(H,19,20). The van der Waals surface area contributed by atoms with Crippen LogP contribution in [0.3, 0.4) is 0 Å². The number of carbonyl (C=O) groups is 2. The second-order valence-corrected chi connectivity index (χ2v) is 6.46. The van der Waals surface area contributed by atoms with Crippen LogP contribution in [0.4, 0.5) is 4.79 Å². The van der Waals surface area contributed by atoms with Crippen LogP contribution >= 0.6 is 11.6 Å². The lowest BCUT2D eigenvalue weighted by Crippen LogP contribution is -2.35. The Labute approximate surface area is 136 Å². The summed E-state index contributed by atoms with van der Waals surface area (Å²) >= 11 is 5.87. The molecule has 22 heavy (non-hydrogen) atoms. The van der Waals surface area contributed by atoms with Crippen molar-refractivity contribution in [3.63, 3.8) is 0 Å². The zero-order chi connectivity index (χ0) is 16.8. The molecule has 2 N–H and O–H groups in total. The molecular formula is C16H23ClN2O3. The summed E-state index contributed by atoms with van der Waals surface area (Å²) in [6.45, 7) is 7.27. The maximum absolute atomic E-state index is 11.6. The van der Waals surface area contributed by atoms with Crippen molar-refractivity contribution >= 4 is 23.6 Å². The Kier molecular flexibility index (Phi) is 6.68. The van der Waals surface area contributed by atoms with E-state index in [1.807, 2.05) is 12.1 Å². The van der Waals surface area contributed by atoms with E-state index in [0.717, 1.165) is 5.56 Å².